The molecule has 0 spiro atoms. The molecule has 0 unspecified atom stereocenters. The van der Waals surface area contributed by atoms with Crippen LogP contribution in [0.1, 0.15) is 86.5 Å². The molecule has 1 aromatic heterocycles. The normalized spacial score (nSPS) is 19.1. The van der Waals surface area contributed by atoms with E-state index in [1.807, 2.05) is 71.3 Å². The first-order valence-corrected chi connectivity index (χ1v) is 13.4. The van der Waals surface area contributed by atoms with Gasteiger partial charge in [-0.1, -0.05) is 80.2 Å². The van der Waals surface area contributed by atoms with Crippen LogP contribution in [0.4, 0.5) is 0 Å². The van der Waals surface area contributed by atoms with Crippen molar-refractivity contribution in [2.45, 2.75) is 94.3 Å². The van der Waals surface area contributed by atoms with Crippen LogP contribution in [0.2, 0.25) is 0 Å². The van der Waals surface area contributed by atoms with Gasteiger partial charge in [0, 0.05) is 18.9 Å². The summed E-state index contributed by atoms with van der Waals surface area (Å²) in [6, 6.07) is 7.24. The quantitative estimate of drug-likeness (QED) is 0.492. The summed E-state index contributed by atoms with van der Waals surface area (Å²) in [4.78, 5) is 33.0. The summed E-state index contributed by atoms with van der Waals surface area (Å²) in [6.45, 7) is 18.5. The first-order chi connectivity index (χ1) is 16.2. The van der Waals surface area contributed by atoms with Crippen molar-refractivity contribution >= 4 is 23.2 Å². The minimum atomic E-state index is -0.677. The Kier molecular flexibility index (Phi) is 11.8. The zero-order chi connectivity index (χ0) is 26.5. The molecule has 3 rings (SSSR count). The number of hydrogen-bond donors (Lipinski definition) is 2. The molecule has 2 heterocycles. The zero-order valence-electron chi connectivity index (χ0n) is 22.8. The lowest BCUT2D eigenvalue weighted by atomic mass is 9.81. The third kappa shape index (κ3) is 8.41. The third-order valence-corrected chi connectivity index (χ3v) is 7.29. The predicted octanol–water partition coefficient (Wildman–Crippen LogP) is 6.24. The largest absolute Gasteiger partial charge is 0.391 e. The highest BCUT2D eigenvalue weighted by Crippen LogP contribution is 2.31. The first kappa shape index (κ1) is 31.8. The summed E-state index contributed by atoms with van der Waals surface area (Å²) in [5, 5.41) is 13.2. The van der Waals surface area contributed by atoms with Gasteiger partial charge >= 0.3 is 0 Å². The number of amides is 2. The molecule has 6 nitrogen and oxygen atoms in total. The Hall–Kier alpha value is -2.25. The standard InChI is InChI=1S/C24H33N3O3S.C4H10.CH4/c1-14(24(4,5)6)23(30)27-12-19(28)11-20(27)22(29)26-15(2)17-7-9-18(10-8-17)21-16(3)25-13-31-21;1-4(2)3;/h7-10,13-15,19-20,28H,11-12H2,1-6H3,(H,26,29);4H,1-3H3;1H4/t14-,15+,19-,20+;;/m1../s1. The molecule has 0 saturated carbocycles. The summed E-state index contributed by atoms with van der Waals surface area (Å²) >= 11 is 1.61. The van der Waals surface area contributed by atoms with Crippen molar-refractivity contribution in [2.75, 3.05) is 6.54 Å². The molecule has 2 N–H and O–H groups in total. The number of β-amino-alcohol motifs (C(OH)–C–C–N with tert-alkyl or cyclic N) is 1. The van der Waals surface area contributed by atoms with Gasteiger partial charge in [-0.05, 0) is 36.3 Å². The van der Waals surface area contributed by atoms with Crippen molar-refractivity contribution in [3.05, 3.63) is 41.0 Å². The van der Waals surface area contributed by atoms with E-state index in [0.29, 0.717) is 0 Å². The Balaban J connectivity index is 0.00000120. The Morgan fingerprint density at radius 3 is 2.14 bits per heavy atom. The SMILES string of the molecule is C.CC(C)C.Cc1ncsc1-c1ccc([C@H](C)NC(=O)[C@@H]2C[C@@H](O)CN2C(=O)[C@@H](C)C(C)(C)C)cc1. The number of thiazole rings is 1. The van der Waals surface area contributed by atoms with E-state index in [9.17, 15) is 14.7 Å². The molecular formula is C29H47N3O3S. The second-order valence-corrected chi connectivity index (χ2v) is 12.2. The van der Waals surface area contributed by atoms with E-state index in [0.717, 1.165) is 27.6 Å². The second-order valence-electron chi connectivity index (χ2n) is 11.3. The van der Waals surface area contributed by atoms with E-state index in [2.05, 4.69) is 31.1 Å². The number of aliphatic hydroxyl groups is 1. The number of aromatic nitrogens is 1. The molecule has 0 radical (unpaired) electrons. The molecule has 1 fully saturated rings. The number of hydrogen-bond acceptors (Lipinski definition) is 5. The maximum absolute atomic E-state index is 13.0. The van der Waals surface area contributed by atoms with Crippen molar-refractivity contribution in [1.29, 1.82) is 0 Å². The smallest absolute Gasteiger partial charge is 0.243 e. The lowest BCUT2D eigenvalue weighted by Crippen LogP contribution is -2.49. The average Bonchev–Trinajstić information content (AvgIpc) is 3.37. The predicted molar refractivity (Wildman–Crippen MR) is 151 cm³/mol. The molecule has 4 atom stereocenters. The van der Waals surface area contributed by atoms with Crippen molar-refractivity contribution in [3.8, 4) is 10.4 Å². The lowest BCUT2D eigenvalue weighted by Gasteiger charge is -2.33. The molecule has 0 aliphatic carbocycles. The van der Waals surface area contributed by atoms with Gasteiger partial charge in [0.2, 0.25) is 11.8 Å². The number of rotatable bonds is 5. The van der Waals surface area contributed by atoms with Gasteiger partial charge in [0.15, 0.2) is 0 Å². The van der Waals surface area contributed by atoms with Crippen LogP contribution in [0.5, 0.6) is 0 Å². The second kappa shape index (κ2) is 13.3. The van der Waals surface area contributed by atoms with Crippen molar-refractivity contribution in [3.63, 3.8) is 0 Å². The highest BCUT2D eigenvalue weighted by atomic mass is 32.1. The number of nitrogens with one attached hydrogen (secondary N) is 1. The summed E-state index contributed by atoms with van der Waals surface area (Å²) < 4.78 is 0. The van der Waals surface area contributed by atoms with Gasteiger partial charge in [0.05, 0.1) is 28.2 Å². The highest BCUT2D eigenvalue weighted by Gasteiger charge is 2.42. The van der Waals surface area contributed by atoms with Crippen molar-refractivity contribution in [1.82, 2.24) is 15.2 Å². The Bertz CT molecular complexity index is 976. The van der Waals surface area contributed by atoms with Crippen molar-refractivity contribution < 1.29 is 14.7 Å². The van der Waals surface area contributed by atoms with Crippen molar-refractivity contribution in [2.24, 2.45) is 17.3 Å². The Morgan fingerprint density at radius 1 is 1.11 bits per heavy atom. The molecular weight excluding hydrogens is 470 g/mol. The van der Waals surface area contributed by atoms with Crippen LogP contribution >= 0.6 is 11.3 Å². The van der Waals surface area contributed by atoms with Crippen LogP contribution in [0.15, 0.2) is 29.8 Å². The number of carbonyl (C=O) groups excluding carboxylic acids is 2. The van der Waals surface area contributed by atoms with E-state index < -0.39 is 12.1 Å². The van der Waals surface area contributed by atoms with E-state index in [4.69, 9.17) is 0 Å². The fraction of sp³-hybridized carbons (Fsp3) is 0.621. The van der Waals surface area contributed by atoms with E-state index in [-0.39, 0.29) is 49.6 Å². The summed E-state index contributed by atoms with van der Waals surface area (Å²) in [5.74, 6) is 0.287. The fourth-order valence-electron chi connectivity index (χ4n) is 3.82. The number of aryl methyl sites for hydroxylation is 1. The molecule has 1 saturated heterocycles. The molecule has 1 aliphatic rings. The lowest BCUT2D eigenvalue weighted by molar-refractivity contribution is -0.144. The maximum atomic E-state index is 13.0. The average molecular weight is 518 g/mol. The van der Waals surface area contributed by atoms with Crippen LogP contribution in [-0.2, 0) is 9.59 Å². The van der Waals surface area contributed by atoms with E-state index in [1.165, 1.54) is 0 Å². The van der Waals surface area contributed by atoms with Gasteiger partial charge in [-0.25, -0.2) is 4.98 Å². The number of nitrogens with zero attached hydrogens (tertiary/aromatic N) is 2. The molecule has 1 aliphatic heterocycles. The molecule has 202 valence electrons. The third-order valence-electron chi connectivity index (χ3n) is 6.31. The molecule has 1 aromatic carbocycles. The molecule has 36 heavy (non-hydrogen) atoms. The van der Waals surface area contributed by atoms with Gasteiger partial charge in [-0.2, -0.15) is 0 Å². The van der Waals surface area contributed by atoms with Gasteiger partial charge in [-0.15, -0.1) is 11.3 Å². The summed E-state index contributed by atoms with van der Waals surface area (Å²) in [6.07, 6.45) is -0.408. The number of benzene rings is 1. The molecule has 7 heteroatoms. The van der Waals surface area contributed by atoms with Gasteiger partial charge < -0.3 is 15.3 Å². The topological polar surface area (TPSA) is 82.5 Å². The molecule has 2 aromatic rings. The first-order valence-electron chi connectivity index (χ1n) is 12.5. The van der Waals surface area contributed by atoms with E-state index >= 15 is 0 Å². The zero-order valence-corrected chi connectivity index (χ0v) is 23.6. The van der Waals surface area contributed by atoms with Gasteiger partial charge in [0.25, 0.3) is 0 Å². The maximum Gasteiger partial charge on any atom is 0.243 e. The minimum absolute atomic E-state index is 0. The van der Waals surface area contributed by atoms with Crippen LogP contribution in [-0.4, -0.2) is 45.5 Å². The van der Waals surface area contributed by atoms with Crippen LogP contribution in [0, 0.1) is 24.2 Å². The van der Waals surface area contributed by atoms with Crippen LogP contribution < -0.4 is 5.32 Å². The number of likely N-dealkylation sites (tertiary alicyclic amines) is 1. The number of aliphatic hydroxyl groups excluding tert-OH is 1. The monoisotopic (exact) mass is 517 g/mol. The summed E-state index contributed by atoms with van der Waals surface area (Å²) in [5.41, 5.74) is 4.73. The van der Waals surface area contributed by atoms with Crippen LogP contribution in [0.3, 0.4) is 0 Å². The highest BCUT2D eigenvalue weighted by molar-refractivity contribution is 7.13. The van der Waals surface area contributed by atoms with Gasteiger partial charge in [0.1, 0.15) is 6.04 Å². The van der Waals surface area contributed by atoms with Crippen LogP contribution in [0.25, 0.3) is 10.4 Å². The van der Waals surface area contributed by atoms with Gasteiger partial charge in [-0.3, -0.25) is 9.59 Å². The molecule has 0 bridgehead atoms. The molecule has 2 amide bonds. The van der Waals surface area contributed by atoms with E-state index in [1.54, 1.807) is 16.2 Å². The number of carbonyl (C=O) groups is 2. The Labute approximate surface area is 222 Å². The summed E-state index contributed by atoms with van der Waals surface area (Å²) in [7, 11) is 0. The minimum Gasteiger partial charge on any atom is -0.391 e. The fourth-order valence-corrected chi connectivity index (χ4v) is 4.63. The Morgan fingerprint density at radius 2 is 1.67 bits per heavy atom.